The fourth-order valence-electron chi connectivity index (χ4n) is 4.11. The van der Waals surface area contributed by atoms with E-state index in [4.69, 9.17) is 0 Å². The van der Waals surface area contributed by atoms with Gasteiger partial charge in [-0.15, -0.1) is 0 Å². The molecule has 0 saturated carbocycles. The minimum atomic E-state index is -0.251. The van der Waals surface area contributed by atoms with Crippen LogP contribution in [0.25, 0.3) is 0 Å². The van der Waals surface area contributed by atoms with Crippen molar-refractivity contribution in [1.82, 2.24) is 4.90 Å². The summed E-state index contributed by atoms with van der Waals surface area (Å²) in [5.41, 5.74) is 3.72. The number of likely N-dealkylation sites (N-methyl/N-ethyl adjacent to an activating group) is 1. The smallest absolute Gasteiger partial charge is 0.255 e. The van der Waals surface area contributed by atoms with E-state index in [0.717, 1.165) is 30.9 Å². The van der Waals surface area contributed by atoms with Crippen LogP contribution in [0.2, 0.25) is 0 Å². The summed E-state index contributed by atoms with van der Waals surface area (Å²) in [6.45, 7) is 2.39. The van der Waals surface area contributed by atoms with Crippen LogP contribution in [0.15, 0.2) is 84.9 Å². The topological polar surface area (TPSA) is 55.8 Å². The van der Waals surface area contributed by atoms with Crippen LogP contribution in [0.3, 0.4) is 0 Å². The highest BCUT2D eigenvalue weighted by atomic mass is 16.3. The molecule has 3 aromatic carbocycles. The van der Waals surface area contributed by atoms with Crippen LogP contribution in [-0.4, -0.2) is 48.7 Å². The lowest BCUT2D eigenvalue weighted by atomic mass is 10.0. The zero-order chi connectivity index (χ0) is 21.6. The van der Waals surface area contributed by atoms with E-state index in [1.165, 1.54) is 5.56 Å². The maximum Gasteiger partial charge on any atom is 0.255 e. The number of amides is 1. The fraction of sp³-hybridized carbons (Fsp3) is 0.269. The van der Waals surface area contributed by atoms with Gasteiger partial charge in [0.05, 0.1) is 12.1 Å². The predicted molar refractivity (Wildman–Crippen MR) is 125 cm³/mol. The van der Waals surface area contributed by atoms with E-state index in [2.05, 4.69) is 46.4 Å². The van der Waals surface area contributed by atoms with E-state index in [9.17, 15) is 9.90 Å². The van der Waals surface area contributed by atoms with Gasteiger partial charge in [0.25, 0.3) is 5.91 Å². The van der Waals surface area contributed by atoms with E-state index >= 15 is 0 Å². The zero-order valence-electron chi connectivity index (χ0n) is 17.8. The molecule has 0 spiro atoms. The van der Waals surface area contributed by atoms with Crippen molar-refractivity contribution in [1.29, 1.82) is 0 Å². The van der Waals surface area contributed by atoms with Crippen LogP contribution in [-0.2, 0) is 0 Å². The molecule has 0 radical (unpaired) electrons. The Labute approximate surface area is 183 Å². The van der Waals surface area contributed by atoms with Crippen LogP contribution in [0.1, 0.15) is 28.4 Å². The summed E-state index contributed by atoms with van der Waals surface area (Å²) < 4.78 is 0. The third-order valence-electron chi connectivity index (χ3n) is 5.87. The Bertz CT molecular complexity index is 977. The number of rotatable bonds is 7. The molecule has 1 amide bonds. The molecule has 1 fully saturated rings. The second-order valence-electron chi connectivity index (χ2n) is 8.11. The van der Waals surface area contributed by atoms with E-state index in [-0.39, 0.29) is 18.1 Å². The molecule has 0 aromatic heterocycles. The predicted octanol–water partition coefficient (Wildman–Crippen LogP) is 4.18. The minimum Gasteiger partial charge on any atom is -0.392 e. The summed E-state index contributed by atoms with van der Waals surface area (Å²) >= 11 is 0. The van der Waals surface area contributed by atoms with E-state index < -0.39 is 0 Å². The molecule has 4 rings (SSSR count). The molecule has 3 aromatic rings. The molecule has 2 N–H and O–H groups in total. The number of aliphatic hydroxyl groups is 1. The van der Waals surface area contributed by atoms with Crippen LogP contribution < -0.4 is 10.2 Å². The van der Waals surface area contributed by atoms with Crippen molar-refractivity contribution in [3.8, 4) is 0 Å². The average Bonchev–Trinajstić information content (AvgIpc) is 3.24. The van der Waals surface area contributed by atoms with Gasteiger partial charge in [0.1, 0.15) is 0 Å². The Hall–Kier alpha value is -3.15. The second kappa shape index (κ2) is 9.77. The number of nitrogens with one attached hydrogen (secondary N) is 1. The Balaban J connectivity index is 1.45. The van der Waals surface area contributed by atoms with Crippen molar-refractivity contribution in [3.05, 3.63) is 96.1 Å². The number of hydrogen-bond acceptors (Lipinski definition) is 4. The molecular formula is C26H29N3O2. The van der Waals surface area contributed by atoms with Gasteiger partial charge in [-0.25, -0.2) is 0 Å². The second-order valence-corrected chi connectivity index (χ2v) is 8.11. The van der Waals surface area contributed by atoms with Crippen molar-refractivity contribution in [3.63, 3.8) is 0 Å². The number of benzene rings is 3. The van der Waals surface area contributed by atoms with Gasteiger partial charge in [0, 0.05) is 43.6 Å². The van der Waals surface area contributed by atoms with E-state index in [1.807, 2.05) is 60.7 Å². The lowest BCUT2D eigenvalue weighted by Crippen LogP contribution is -2.36. The van der Waals surface area contributed by atoms with Gasteiger partial charge in [-0.05, 0) is 48.4 Å². The van der Waals surface area contributed by atoms with Crippen molar-refractivity contribution < 1.29 is 9.90 Å². The number of β-amino-alcohol motifs (C(OH)–C–C–N with tert-alkyl or cyclic N) is 1. The number of anilines is 2. The van der Waals surface area contributed by atoms with Gasteiger partial charge in [0.2, 0.25) is 0 Å². The molecule has 1 aliphatic heterocycles. The summed E-state index contributed by atoms with van der Waals surface area (Å²) in [6.07, 6.45) is 0.567. The fourth-order valence-corrected chi connectivity index (χ4v) is 4.11. The van der Waals surface area contributed by atoms with Gasteiger partial charge >= 0.3 is 0 Å². The number of carbonyl (C=O) groups is 1. The number of hydrogen-bond donors (Lipinski definition) is 2. The Kier molecular flexibility index (Phi) is 6.65. The number of para-hydroxylation sites is 1. The first kappa shape index (κ1) is 21.1. The molecule has 0 aliphatic carbocycles. The van der Waals surface area contributed by atoms with Crippen molar-refractivity contribution in [2.24, 2.45) is 0 Å². The van der Waals surface area contributed by atoms with Crippen LogP contribution >= 0.6 is 0 Å². The molecule has 1 saturated heterocycles. The maximum atomic E-state index is 12.5. The Morgan fingerprint density at radius 2 is 1.68 bits per heavy atom. The maximum absolute atomic E-state index is 12.5. The van der Waals surface area contributed by atoms with E-state index in [1.54, 1.807) is 0 Å². The molecule has 1 heterocycles. The monoisotopic (exact) mass is 415 g/mol. The first-order valence-electron chi connectivity index (χ1n) is 10.7. The first-order chi connectivity index (χ1) is 15.1. The van der Waals surface area contributed by atoms with Crippen LogP contribution in [0, 0.1) is 0 Å². The van der Waals surface area contributed by atoms with Gasteiger partial charge in [-0.1, -0.05) is 48.5 Å². The normalized spacial score (nSPS) is 17.3. The van der Waals surface area contributed by atoms with Crippen LogP contribution in [0.4, 0.5) is 11.4 Å². The molecule has 0 unspecified atom stereocenters. The zero-order valence-corrected chi connectivity index (χ0v) is 17.8. The Morgan fingerprint density at radius 1 is 1.03 bits per heavy atom. The lowest BCUT2D eigenvalue weighted by molar-refractivity contribution is 0.102. The van der Waals surface area contributed by atoms with E-state index in [0.29, 0.717) is 12.1 Å². The number of nitrogens with zero attached hydrogens (tertiary/aromatic N) is 2. The van der Waals surface area contributed by atoms with Crippen molar-refractivity contribution >= 4 is 17.3 Å². The summed E-state index contributed by atoms with van der Waals surface area (Å²) in [7, 11) is 2.07. The molecular weight excluding hydrogens is 386 g/mol. The summed E-state index contributed by atoms with van der Waals surface area (Å²) in [5, 5.41) is 13.0. The third kappa shape index (κ3) is 5.32. The van der Waals surface area contributed by atoms with Gasteiger partial charge in [0.15, 0.2) is 0 Å². The minimum absolute atomic E-state index is 0.117. The highest BCUT2D eigenvalue weighted by molar-refractivity contribution is 6.04. The highest BCUT2D eigenvalue weighted by Crippen LogP contribution is 2.28. The molecule has 0 bridgehead atoms. The summed E-state index contributed by atoms with van der Waals surface area (Å²) in [4.78, 5) is 17.1. The largest absolute Gasteiger partial charge is 0.392 e. The molecule has 5 nitrogen and oxygen atoms in total. The first-order valence-corrected chi connectivity index (χ1v) is 10.7. The summed E-state index contributed by atoms with van der Waals surface area (Å²) in [5.74, 6) is -0.117. The van der Waals surface area contributed by atoms with Crippen molar-refractivity contribution in [2.45, 2.75) is 18.6 Å². The molecule has 5 heteroatoms. The molecule has 2 atom stereocenters. The van der Waals surface area contributed by atoms with Gasteiger partial charge < -0.3 is 15.3 Å². The number of likely N-dealkylation sites (tertiary alicyclic amines) is 1. The highest BCUT2D eigenvalue weighted by Gasteiger charge is 2.29. The third-order valence-corrected chi connectivity index (χ3v) is 5.87. The number of aliphatic hydroxyl groups excluding tert-OH is 1. The van der Waals surface area contributed by atoms with Crippen LogP contribution in [0.5, 0.6) is 0 Å². The SMILES string of the molecule is CN(C[C@@H](c1ccccc1)N1CC[C@H](O)C1)c1ccc(C(=O)Nc2ccccc2)cc1. The Morgan fingerprint density at radius 3 is 2.29 bits per heavy atom. The average molecular weight is 416 g/mol. The molecule has 31 heavy (non-hydrogen) atoms. The number of carbonyl (C=O) groups excluding carboxylic acids is 1. The standard InChI is InChI=1S/C26H29N3O2/c1-28(19-25(20-8-4-2-5-9-20)29-17-16-24(30)18-29)23-14-12-21(13-15-23)26(31)27-22-10-6-3-7-11-22/h2-15,24-25,30H,16-19H2,1H3,(H,27,31)/t24-,25-/m0/s1. The summed E-state index contributed by atoms with van der Waals surface area (Å²) in [6, 6.07) is 27.8. The molecule has 160 valence electrons. The van der Waals surface area contributed by atoms with Crippen molar-refractivity contribution in [2.75, 3.05) is 36.9 Å². The molecule has 1 aliphatic rings. The van der Waals surface area contributed by atoms with Gasteiger partial charge in [-0.3, -0.25) is 9.69 Å². The quantitative estimate of drug-likeness (QED) is 0.608. The lowest BCUT2D eigenvalue weighted by Gasteiger charge is -2.33. The van der Waals surface area contributed by atoms with Gasteiger partial charge in [-0.2, -0.15) is 0 Å².